The lowest BCUT2D eigenvalue weighted by Gasteiger charge is -2.07. The molecule has 0 atom stereocenters. The second-order valence-corrected chi connectivity index (χ2v) is 3.54. The first-order valence-corrected chi connectivity index (χ1v) is 4.89. The van der Waals surface area contributed by atoms with Crippen LogP contribution in [0.15, 0.2) is 36.4 Å². The summed E-state index contributed by atoms with van der Waals surface area (Å²) in [4.78, 5) is 0. The van der Waals surface area contributed by atoms with Crippen LogP contribution in [0.4, 0.5) is 8.78 Å². The predicted molar refractivity (Wildman–Crippen MR) is 58.2 cm³/mol. The average Bonchev–Trinajstić information content (AvgIpc) is 2.29. The molecule has 0 saturated heterocycles. The number of benzene rings is 2. The van der Waals surface area contributed by atoms with Crippen molar-refractivity contribution in [3.8, 4) is 6.07 Å². The van der Waals surface area contributed by atoms with Crippen LogP contribution in [0.25, 0.3) is 10.8 Å². The molecule has 80 valence electrons. The lowest BCUT2D eigenvalue weighted by molar-refractivity contribution is 0.151. The van der Waals surface area contributed by atoms with Crippen molar-refractivity contribution in [2.24, 2.45) is 0 Å². The Bertz CT molecular complexity index is 555. The normalized spacial score (nSPS) is 10.6. The van der Waals surface area contributed by atoms with Gasteiger partial charge in [0.2, 0.25) is 0 Å². The largest absolute Gasteiger partial charge is 0.263 e. The Hall–Kier alpha value is -1.95. The maximum absolute atomic E-state index is 12.6. The van der Waals surface area contributed by atoms with Crippen molar-refractivity contribution in [3.63, 3.8) is 0 Å². The SMILES string of the molecule is N#CCc1cc(C(F)F)cc2ccccc12. The van der Waals surface area contributed by atoms with E-state index < -0.39 is 6.43 Å². The molecule has 0 N–H and O–H groups in total. The van der Waals surface area contributed by atoms with Crippen molar-refractivity contribution in [1.82, 2.24) is 0 Å². The molecular formula is C13H9F2N. The molecule has 0 unspecified atom stereocenters. The lowest BCUT2D eigenvalue weighted by Crippen LogP contribution is -1.91. The molecule has 2 rings (SSSR count). The fourth-order valence-electron chi connectivity index (χ4n) is 1.77. The van der Waals surface area contributed by atoms with Gasteiger partial charge in [0, 0.05) is 5.56 Å². The summed E-state index contributed by atoms with van der Waals surface area (Å²) in [5.74, 6) is 0. The van der Waals surface area contributed by atoms with Gasteiger partial charge in [-0.2, -0.15) is 5.26 Å². The number of halogens is 2. The molecule has 1 nitrogen and oxygen atoms in total. The van der Waals surface area contributed by atoms with Crippen LogP contribution in [-0.2, 0) is 6.42 Å². The Kier molecular flexibility index (Phi) is 2.82. The van der Waals surface area contributed by atoms with Gasteiger partial charge in [-0.3, -0.25) is 0 Å². The first kappa shape index (κ1) is 10.6. The first-order chi connectivity index (χ1) is 7.72. The topological polar surface area (TPSA) is 23.8 Å². The standard InChI is InChI=1S/C13H9F2N/c14-13(15)11-7-9-3-1-2-4-12(9)10(8-11)5-6-16/h1-4,7-8,13H,5H2. The molecule has 3 heteroatoms. The summed E-state index contributed by atoms with van der Waals surface area (Å²) < 4.78 is 25.3. The van der Waals surface area contributed by atoms with Gasteiger partial charge in [-0.25, -0.2) is 8.78 Å². The Balaban J connectivity index is 2.69. The quantitative estimate of drug-likeness (QED) is 0.749. The maximum atomic E-state index is 12.6. The Morgan fingerprint density at radius 3 is 2.62 bits per heavy atom. The minimum absolute atomic E-state index is 0.0241. The molecule has 16 heavy (non-hydrogen) atoms. The van der Waals surface area contributed by atoms with Gasteiger partial charge in [-0.15, -0.1) is 0 Å². The monoisotopic (exact) mass is 217 g/mol. The van der Waals surface area contributed by atoms with E-state index in [1.54, 1.807) is 12.1 Å². The molecule has 2 aromatic carbocycles. The van der Waals surface area contributed by atoms with E-state index in [2.05, 4.69) is 0 Å². The van der Waals surface area contributed by atoms with E-state index in [0.29, 0.717) is 5.56 Å². The predicted octanol–water partition coefficient (Wildman–Crippen LogP) is 3.84. The summed E-state index contributed by atoms with van der Waals surface area (Å²) in [5.41, 5.74) is 0.639. The number of alkyl halides is 2. The average molecular weight is 217 g/mol. The van der Waals surface area contributed by atoms with E-state index in [4.69, 9.17) is 5.26 Å². The van der Waals surface area contributed by atoms with Crippen molar-refractivity contribution in [2.75, 3.05) is 0 Å². The molecule has 0 aliphatic rings. The zero-order valence-corrected chi connectivity index (χ0v) is 8.45. The molecule has 2 aromatic rings. The molecule has 0 fully saturated rings. The molecule has 0 aliphatic heterocycles. The summed E-state index contributed by atoms with van der Waals surface area (Å²) in [6.45, 7) is 0. The van der Waals surface area contributed by atoms with Crippen molar-refractivity contribution in [1.29, 1.82) is 5.26 Å². The summed E-state index contributed by atoms with van der Waals surface area (Å²) in [7, 11) is 0. The zero-order chi connectivity index (χ0) is 11.5. The van der Waals surface area contributed by atoms with Gasteiger partial charge in [0.1, 0.15) is 0 Å². The Morgan fingerprint density at radius 1 is 1.19 bits per heavy atom. The lowest BCUT2D eigenvalue weighted by atomic mass is 9.99. The van der Waals surface area contributed by atoms with Gasteiger partial charge >= 0.3 is 0 Å². The van der Waals surface area contributed by atoms with Crippen LogP contribution in [0, 0.1) is 11.3 Å². The zero-order valence-electron chi connectivity index (χ0n) is 8.45. The number of nitrogens with zero attached hydrogens (tertiary/aromatic N) is 1. The number of rotatable bonds is 2. The summed E-state index contributed by atoms with van der Waals surface area (Å²) in [5, 5.41) is 10.3. The fourth-order valence-corrected chi connectivity index (χ4v) is 1.77. The molecular weight excluding hydrogens is 208 g/mol. The number of hydrogen-bond donors (Lipinski definition) is 0. The number of hydrogen-bond acceptors (Lipinski definition) is 1. The smallest absolute Gasteiger partial charge is 0.205 e. The molecule has 0 heterocycles. The van der Waals surface area contributed by atoms with Crippen molar-refractivity contribution in [3.05, 3.63) is 47.5 Å². The van der Waals surface area contributed by atoms with E-state index >= 15 is 0 Å². The molecule has 0 spiro atoms. The van der Waals surface area contributed by atoms with Crippen LogP contribution in [-0.4, -0.2) is 0 Å². The van der Waals surface area contributed by atoms with Crippen molar-refractivity contribution in [2.45, 2.75) is 12.8 Å². The summed E-state index contributed by atoms with van der Waals surface area (Å²) in [6.07, 6.45) is -2.34. The third kappa shape index (κ3) is 1.87. The van der Waals surface area contributed by atoms with Gasteiger partial charge in [0.15, 0.2) is 0 Å². The van der Waals surface area contributed by atoms with Crippen molar-refractivity contribution >= 4 is 10.8 Å². The fraction of sp³-hybridized carbons (Fsp3) is 0.154. The van der Waals surface area contributed by atoms with E-state index in [9.17, 15) is 8.78 Å². The third-order valence-electron chi connectivity index (χ3n) is 2.49. The molecule has 0 bridgehead atoms. The maximum Gasteiger partial charge on any atom is 0.263 e. The molecule has 0 radical (unpaired) electrons. The highest BCUT2D eigenvalue weighted by Gasteiger charge is 2.10. The van der Waals surface area contributed by atoms with Crippen LogP contribution < -0.4 is 0 Å². The van der Waals surface area contributed by atoms with Gasteiger partial charge in [0.25, 0.3) is 6.43 Å². The highest BCUT2D eigenvalue weighted by atomic mass is 19.3. The van der Waals surface area contributed by atoms with E-state index in [-0.39, 0.29) is 12.0 Å². The first-order valence-electron chi connectivity index (χ1n) is 4.89. The molecule has 0 aliphatic carbocycles. The van der Waals surface area contributed by atoms with E-state index in [1.165, 1.54) is 12.1 Å². The van der Waals surface area contributed by atoms with Gasteiger partial charge in [0.05, 0.1) is 12.5 Å². The highest BCUT2D eigenvalue weighted by molar-refractivity contribution is 5.86. The Morgan fingerprint density at radius 2 is 1.94 bits per heavy atom. The van der Waals surface area contributed by atoms with Gasteiger partial charge < -0.3 is 0 Å². The molecule has 0 amide bonds. The second-order valence-electron chi connectivity index (χ2n) is 3.54. The molecule has 0 aromatic heterocycles. The third-order valence-corrected chi connectivity index (χ3v) is 2.49. The number of nitriles is 1. The molecule has 0 saturated carbocycles. The number of fused-ring (bicyclic) bond motifs is 1. The van der Waals surface area contributed by atoms with Gasteiger partial charge in [-0.05, 0) is 28.5 Å². The van der Waals surface area contributed by atoms with E-state index in [0.717, 1.165) is 10.8 Å². The van der Waals surface area contributed by atoms with Gasteiger partial charge in [-0.1, -0.05) is 24.3 Å². The van der Waals surface area contributed by atoms with Crippen LogP contribution in [0.5, 0.6) is 0 Å². The summed E-state index contributed by atoms with van der Waals surface area (Å²) in [6, 6.07) is 12.1. The highest BCUT2D eigenvalue weighted by Crippen LogP contribution is 2.27. The van der Waals surface area contributed by atoms with E-state index in [1.807, 2.05) is 18.2 Å². The van der Waals surface area contributed by atoms with Crippen LogP contribution in [0.3, 0.4) is 0 Å². The second kappa shape index (κ2) is 4.28. The summed E-state index contributed by atoms with van der Waals surface area (Å²) >= 11 is 0. The van der Waals surface area contributed by atoms with Crippen LogP contribution in [0.1, 0.15) is 17.6 Å². The van der Waals surface area contributed by atoms with Crippen LogP contribution in [0.2, 0.25) is 0 Å². The van der Waals surface area contributed by atoms with Crippen LogP contribution >= 0.6 is 0 Å². The van der Waals surface area contributed by atoms with Crippen molar-refractivity contribution < 1.29 is 8.78 Å². The minimum Gasteiger partial charge on any atom is -0.205 e. The minimum atomic E-state index is -2.50. The Labute approximate surface area is 91.9 Å².